The number of hydrogen-bond donors (Lipinski definition) is 0. The second-order valence-corrected chi connectivity index (χ2v) is 6.37. The minimum Gasteiger partial charge on any atom is -0.399 e. The lowest BCUT2D eigenvalue weighted by atomic mass is 9.73. The van der Waals surface area contributed by atoms with Crippen molar-refractivity contribution in [3.63, 3.8) is 0 Å². The summed E-state index contributed by atoms with van der Waals surface area (Å²) in [7, 11) is -0.256. The number of hydrogen-bond acceptors (Lipinski definition) is 2. The Morgan fingerprint density at radius 1 is 0.944 bits per heavy atom. The molecule has 0 aromatic heterocycles. The van der Waals surface area contributed by atoms with Gasteiger partial charge in [-0.05, 0) is 44.6 Å². The SMILES string of the molecule is CC(C)c1ccccc1B1OC(C)(C)C(C)(C)O1. The molecular weight excluding hydrogens is 223 g/mol. The van der Waals surface area contributed by atoms with E-state index in [0.717, 1.165) is 5.46 Å². The van der Waals surface area contributed by atoms with Crippen LogP contribution in [0.3, 0.4) is 0 Å². The summed E-state index contributed by atoms with van der Waals surface area (Å²) in [5, 5.41) is 0. The first kappa shape index (κ1) is 13.6. The molecule has 98 valence electrons. The Hall–Kier alpha value is -0.795. The highest BCUT2D eigenvalue weighted by Gasteiger charge is 2.52. The van der Waals surface area contributed by atoms with Crippen molar-refractivity contribution in [3.8, 4) is 0 Å². The van der Waals surface area contributed by atoms with E-state index in [-0.39, 0.29) is 18.3 Å². The van der Waals surface area contributed by atoms with Crippen LogP contribution in [0.4, 0.5) is 0 Å². The molecule has 0 bridgehead atoms. The van der Waals surface area contributed by atoms with Crippen LogP contribution in [0, 0.1) is 0 Å². The van der Waals surface area contributed by atoms with E-state index in [1.165, 1.54) is 5.56 Å². The van der Waals surface area contributed by atoms with E-state index >= 15 is 0 Å². The lowest BCUT2D eigenvalue weighted by Gasteiger charge is -2.32. The molecule has 1 aliphatic rings. The van der Waals surface area contributed by atoms with Crippen molar-refractivity contribution in [2.45, 2.75) is 58.7 Å². The van der Waals surface area contributed by atoms with E-state index < -0.39 is 0 Å². The van der Waals surface area contributed by atoms with Crippen molar-refractivity contribution in [3.05, 3.63) is 29.8 Å². The van der Waals surface area contributed by atoms with Crippen LogP contribution in [0.25, 0.3) is 0 Å². The van der Waals surface area contributed by atoms with Crippen LogP contribution in [-0.4, -0.2) is 18.3 Å². The Labute approximate surface area is 111 Å². The van der Waals surface area contributed by atoms with Crippen molar-refractivity contribution < 1.29 is 9.31 Å². The summed E-state index contributed by atoms with van der Waals surface area (Å²) in [5.41, 5.74) is 1.91. The number of rotatable bonds is 2. The van der Waals surface area contributed by atoms with Crippen LogP contribution < -0.4 is 5.46 Å². The molecule has 2 nitrogen and oxygen atoms in total. The second-order valence-electron chi connectivity index (χ2n) is 6.37. The Morgan fingerprint density at radius 3 is 1.94 bits per heavy atom. The van der Waals surface area contributed by atoms with Crippen molar-refractivity contribution in [2.75, 3.05) is 0 Å². The van der Waals surface area contributed by atoms with Gasteiger partial charge in [-0.1, -0.05) is 38.1 Å². The monoisotopic (exact) mass is 246 g/mol. The fraction of sp³-hybridized carbons (Fsp3) is 0.600. The summed E-state index contributed by atoms with van der Waals surface area (Å²) in [4.78, 5) is 0. The Balaban J connectivity index is 2.35. The van der Waals surface area contributed by atoms with Crippen molar-refractivity contribution >= 4 is 12.6 Å². The quantitative estimate of drug-likeness (QED) is 0.746. The van der Waals surface area contributed by atoms with Gasteiger partial charge >= 0.3 is 7.12 Å². The van der Waals surface area contributed by atoms with Gasteiger partial charge in [0.15, 0.2) is 0 Å². The first-order valence-electron chi connectivity index (χ1n) is 6.69. The Bertz CT molecular complexity index is 422. The van der Waals surface area contributed by atoms with Crippen LogP contribution in [0.2, 0.25) is 0 Å². The lowest BCUT2D eigenvalue weighted by Crippen LogP contribution is -2.41. The summed E-state index contributed by atoms with van der Waals surface area (Å²) in [5.74, 6) is 0.472. The van der Waals surface area contributed by atoms with E-state index in [0.29, 0.717) is 5.92 Å². The summed E-state index contributed by atoms with van der Waals surface area (Å²) in [6.07, 6.45) is 0. The average Bonchev–Trinajstić information content (AvgIpc) is 2.48. The molecule has 2 rings (SSSR count). The molecule has 0 radical (unpaired) electrons. The van der Waals surface area contributed by atoms with Gasteiger partial charge in [0.2, 0.25) is 0 Å². The zero-order valence-electron chi connectivity index (χ0n) is 12.3. The minimum atomic E-state index is -0.276. The van der Waals surface area contributed by atoms with E-state index in [4.69, 9.17) is 9.31 Å². The Kier molecular flexibility index (Phi) is 3.33. The van der Waals surface area contributed by atoms with E-state index in [1.807, 2.05) is 6.07 Å². The smallest absolute Gasteiger partial charge is 0.399 e. The molecule has 0 spiro atoms. The van der Waals surface area contributed by atoms with Gasteiger partial charge in [0.05, 0.1) is 11.2 Å². The molecule has 0 amide bonds. The predicted molar refractivity (Wildman–Crippen MR) is 76.2 cm³/mol. The van der Waals surface area contributed by atoms with Crippen LogP contribution >= 0.6 is 0 Å². The molecule has 18 heavy (non-hydrogen) atoms. The lowest BCUT2D eigenvalue weighted by molar-refractivity contribution is 0.00578. The van der Waals surface area contributed by atoms with Gasteiger partial charge in [-0.25, -0.2) is 0 Å². The zero-order valence-corrected chi connectivity index (χ0v) is 12.3. The van der Waals surface area contributed by atoms with Crippen molar-refractivity contribution in [1.82, 2.24) is 0 Å². The third-order valence-electron chi connectivity index (χ3n) is 4.13. The number of benzene rings is 1. The van der Waals surface area contributed by atoms with Crippen molar-refractivity contribution in [1.29, 1.82) is 0 Å². The van der Waals surface area contributed by atoms with Gasteiger partial charge in [0, 0.05) is 0 Å². The highest BCUT2D eigenvalue weighted by atomic mass is 16.7. The standard InChI is InChI=1S/C15H23BO2/c1-11(2)12-9-7-8-10-13(12)16-17-14(3,4)15(5,6)18-16/h7-11H,1-6H3. The minimum absolute atomic E-state index is 0.256. The topological polar surface area (TPSA) is 18.5 Å². The van der Waals surface area contributed by atoms with E-state index in [2.05, 4.69) is 59.7 Å². The summed E-state index contributed by atoms with van der Waals surface area (Å²) in [6, 6.07) is 8.39. The largest absolute Gasteiger partial charge is 0.495 e. The van der Waals surface area contributed by atoms with Gasteiger partial charge in [-0.3, -0.25) is 0 Å². The summed E-state index contributed by atoms with van der Waals surface area (Å²) in [6.45, 7) is 12.8. The molecule has 1 fully saturated rings. The van der Waals surface area contributed by atoms with Gasteiger partial charge in [-0.15, -0.1) is 0 Å². The molecule has 1 aromatic rings. The van der Waals surface area contributed by atoms with Gasteiger partial charge in [0.1, 0.15) is 0 Å². The molecule has 1 saturated heterocycles. The van der Waals surface area contributed by atoms with Crippen LogP contribution in [0.5, 0.6) is 0 Å². The van der Waals surface area contributed by atoms with E-state index in [9.17, 15) is 0 Å². The van der Waals surface area contributed by atoms with Crippen molar-refractivity contribution in [2.24, 2.45) is 0 Å². The molecule has 1 aliphatic heterocycles. The average molecular weight is 246 g/mol. The fourth-order valence-corrected chi connectivity index (χ4v) is 2.22. The second kappa shape index (κ2) is 4.39. The molecule has 1 aromatic carbocycles. The normalized spacial score (nSPS) is 21.6. The summed E-state index contributed by atoms with van der Waals surface area (Å²) < 4.78 is 12.2. The molecule has 3 heteroatoms. The van der Waals surface area contributed by atoms with Gasteiger partial charge in [0.25, 0.3) is 0 Å². The predicted octanol–water partition coefficient (Wildman–Crippen LogP) is 3.11. The first-order valence-corrected chi connectivity index (χ1v) is 6.69. The fourth-order valence-electron chi connectivity index (χ4n) is 2.22. The molecule has 0 atom stereocenters. The third-order valence-corrected chi connectivity index (χ3v) is 4.13. The maximum atomic E-state index is 6.12. The molecule has 1 heterocycles. The maximum absolute atomic E-state index is 6.12. The highest BCUT2D eigenvalue weighted by molar-refractivity contribution is 6.62. The highest BCUT2D eigenvalue weighted by Crippen LogP contribution is 2.36. The molecular formula is C15H23BO2. The van der Waals surface area contributed by atoms with Gasteiger partial charge < -0.3 is 9.31 Å². The first-order chi connectivity index (χ1) is 8.24. The Morgan fingerprint density at radius 2 is 1.44 bits per heavy atom. The van der Waals surface area contributed by atoms with Crippen LogP contribution in [0.15, 0.2) is 24.3 Å². The third kappa shape index (κ3) is 2.22. The summed E-state index contributed by atoms with van der Waals surface area (Å²) >= 11 is 0. The van der Waals surface area contributed by atoms with E-state index in [1.54, 1.807) is 0 Å². The maximum Gasteiger partial charge on any atom is 0.495 e. The molecule has 0 aliphatic carbocycles. The molecule has 0 unspecified atom stereocenters. The van der Waals surface area contributed by atoms with Gasteiger partial charge in [-0.2, -0.15) is 0 Å². The molecule has 0 N–H and O–H groups in total. The van der Waals surface area contributed by atoms with Crippen LogP contribution in [-0.2, 0) is 9.31 Å². The zero-order chi connectivity index (χ0) is 13.6. The molecule has 0 saturated carbocycles. The van der Waals surface area contributed by atoms with Crippen LogP contribution in [0.1, 0.15) is 53.0 Å².